The third-order valence-electron chi connectivity index (χ3n) is 4.10. The van der Waals surface area contributed by atoms with Crippen molar-refractivity contribution in [1.82, 2.24) is 4.90 Å². The highest BCUT2D eigenvalue weighted by Crippen LogP contribution is 2.25. The minimum Gasteiger partial charge on any atom is -0.368 e. The highest BCUT2D eigenvalue weighted by atomic mass is 35.5. The number of rotatable bonds is 2. The van der Waals surface area contributed by atoms with E-state index >= 15 is 0 Å². The van der Waals surface area contributed by atoms with Gasteiger partial charge < -0.3 is 9.80 Å². The minimum absolute atomic E-state index is 0.114. The third-order valence-corrected chi connectivity index (χ3v) is 4.33. The molecule has 0 spiro atoms. The highest BCUT2D eigenvalue weighted by molar-refractivity contribution is 6.30. The van der Waals surface area contributed by atoms with Crippen molar-refractivity contribution in [3.05, 3.63) is 64.7 Å². The van der Waals surface area contributed by atoms with Crippen LogP contribution in [-0.2, 0) is 0 Å². The molecule has 0 aliphatic carbocycles. The maximum Gasteiger partial charge on any atom is 0.253 e. The number of hydrogen-bond donors (Lipinski definition) is 0. The molecule has 1 amide bonds. The van der Waals surface area contributed by atoms with E-state index in [1.807, 2.05) is 53.4 Å². The van der Waals surface area contributed by atoms with E-state index in [4.69, 9.17) is 11.6 Å². The second kappa shape index (κ2) is 6.41. The fourth-order valence-electron chi connectivity index (χ4n) is 2.84. The van der Waals surface area contributed by atoms with E-state index in [-0.39, 0.29) is 5.91 Å². The van der Waals surface area contributed by atoms with Crippen molar-refractivity contribution in [2.45, 2.75) is 6.92 Å². The number of amides is 1. The molecule has 0 unspecified atom stereocenters. The topological polar surface area (TPSA) is 23.6 Å². The standard InChI is InChI=1S/C18H19ClN2O/c1-14-7-8-16(19)13-17(14)20-9-11-21(12-10-20)18(22)15-5-3-2-4-6-15/h2-8,13H,9-12H2,1H3. The zero-order valence-electron chi connectivity index (χ0n) is 12.6. The average Bonchev–Trinajstić information content (AvgIpc) is 2.57. The lowest BCUT2D eigenvalue weighted by Crippen LogP contribution is -2.49. The van der Waals surface area contributed by atoms with Crippen molar-refractivity contribution in [3.63, 3.8) is 0 Å². The maximum absolute atomic E-state index is 12.5. The molecular weight excluding hydrogens is 296 g/mol. The molecule has 0 N–H and O–H groups in total. The van der Waals surface area contributed by atoms with Gasteiger partial charge in [0.2, 0.25) is 0 Å². The largest absolute Gasteiger partial charge is 0.368 e. The minimum atomic E-state index is 0.114. The SMILES string of the molecule is Cc1ccc(Cl)cc1N1CCN(C(=O)c2ccccc2)CC1. The van der Waals surface area contributed by atoms with Gasteiger partial charge in [0.05, 0.1) is 0 Å². The Kier molecular flexibility index (Phi) is 4.34. The molecule has 4 heteroatoms. The second-order valence-electron chi connectivity index (χ2n) is 5.58. The van der Waals surface area contributed by atoms with Gasteiger partial charge in [-0.15, -0.1) is 0 Å². The Morgan fingerprint density at radius 2 is 1.68 bits per heavy atom. The molecular formula is C18H19ClN2O. The number of anilines is 1. The molecule has 0 bridgehead atoms. The molecule has 2 aromatic carbocycles. The van der Waals surface area contributed by atoms with Gasteiger partial charge in [0.15, 0.2) is 0 Å². The summed E-state index contributed by atoms with van der Waals surface area (Å²) in [5.74, 6) is 0.114. The lowest BCUT2D eigenvalue weighted by atomic mass is 10.1. The highest BCUT2D eigenvalue weighted by Gasteiger charge is 2.22. The van der Waals surface area contributed by atoms with E-state index in [0.717, 1.165) is 36.8 Å². The maximum atomic E-state index is 12.5. The summed E-state index contributed by atoms with van der Waals surface area (Å²) in [6, 6.07) is 15.4. The van der Waals surface area contributed by atoms with Crippen molar-refractivity contribution < 1.29 is 4.79 Å². The van der Waals surface area contributed by atoms with E-state index in [1.165, 1.54) is 11.3 Å². The van der Waals surface area contributed by atoms with Crippen molar-refractivity contribution >= 4 is 23.2 Å². The molecule has 0 radical (unpaired) electrons. The Bertz CT molecular complexity index is 664. The average molecular weight is 315 g/mol. The van der Waals surface area contributed by atoms with Gasteiger partial charge in [-0.05, 0) is 36.8 Å². The van der Waals surface area contributed by atoms with Crippen LogP contribution in [0.1, 0.15) is 15.9 Å². The summed E-state index contributed by atoms with van der Waals surface area (Å²) in [6.45, 7) is 5.23. The summed E-state index contributed by atoms with van der Waals surface area (Å²) in [5, 5.41) is 0.753. The number of carbonyl (C=O) groups excluding carboxylic acids is 1. The lowest BCUT2D eigenvalue weighted by Gasteiger charge is -2.37. The third kappa shape index (κ3) is 3.09. The van der Waals surface area contributed by atoms with Crippen LogP contribution in [0.15, 0.2) is 48.5 Å². The molecule has 3 nitrogen and oxygen atoms in total. The molecule has 0 saturated carbocycles. The first-order valence-electron chi connectivity index (χ1n) is 7.50. The molecule has 1 fully saturated rings. The molecule has 114 valence electrons. The quantitative estimate of drug-likeness (QED) is 0.845. The molecule has 1 aliphatic heterocycles. The first-order valence-corrected chi connectivity index (χ1v) is 7.88. The summed E-state index contributed by atoms with van der Waals surface area (Å²) < 4.78 is 0. The fourth-order valence-corrected chi connectivity index (χ4v) is 3.00. The van der Waals surface area contributed by atoms with E-state index in [1.54, 1.807) is 0 Å². The van der Waals surface area contributed by atoms with E-state index < -0.39 is 0 Å². The van der Waals surface area contributed by atoms with Crippen molar-refractivity contribution in [1.29, 1.82) is 0 Å². The van der Waals surface area contributed by atoms with Crippen molar-refractivity contribution in [2.24, 2.45) is 0 Å². The number of benzene rings is 2. The summed E-state index contributed by atoms with van der Waals surface area (Å²) in [5.41, 5.74) is 3.14. The molecule has 0 aromatic heterocycles. The van der Waals surface area contributed by atoms with Crippen LogP contribution in [0, 0.1) is 6.92 Å². The van der Waals surface area contributed by atoms with Crippen LogP contribution < -0.4 is 4.90 Å². The number of aryl methyl sites for hydroxylation is 1. The molecule has 2 aromatic rings. The number of halogens is 1. The van der Waals surface area contributed by atoms with Crippen LogP contribution in [0.25, 0.3) is 0 Å². The van der Waals surface area contributed by atoms with Gasteiger partial charge in [-0.2, -0.15) is 0 Å². The Balaban J connectivity index is 1.68. The van der Waals surface area contributed by atoms with Crippen molar-refractivity contribution in [3.8, 4) is 0 Å². The Hall–Kier alpha value is -2.00. The van der Waals surface area contributed by atoms with Crippen LogP contribution in [0.5, 0.6) is 0 Å². The predicted octanol–water partition coefficient (Wildman–Crippen LogP) is 3.61. The summed E-state index contributed by atoms with van der Waals surface area (Å²) in [4.78, 5) is 16.7. The Labute approximate surface area is 136 Å². The van der Waals surface area contributed by atoms with Gasteiger partial charge in [0, 0.05) is 42.5 Å². The fraction of sp³-hybridized carbons (Fsp3) is 0.278. The van der Waals surface area contributed by atoms with Gasteiger partial charge in [0.25, 0.3) is 5.91 Å². The van der Waals surface area contributed by atoms with Gasteiger partial charge in [-0.25, -0.2) is 0 Å². The van der Waals surface area contributed by atoms with Crippen LogP contribution in [0.2, 0.25) is 5.02 Å². The van der Waals surface area contributed by atoms with Gasteiger partial charge in [0.1, 0.15) is 0 Å². The number of carbonyl (C=O) groups is 1. The Morgan fingerprint density at radius 1 is 1.00 bits per heavy atom. The Morgan fingerprint density at radius 3 is 2.36 bits per heavy atom. The number of hydrogen-bond acceptors (Lipinski definition) is 2. The first-order chi connectivity index (χ1) is 10.6. The van der Waals surface area contributed by atoms with Crippen LogP contribution in [0.4, 0.5) is 5.69 Å². The van der Waals surface area contributed by atoms with Crippen LogP contribution in [0.3, 0.4) is 0 Å². The van der Waals surface area contributed by atoms with E-state index in [9.17, 15) is 4.79 Å². The molecule has 3 rings (SSSR count). The molecule has 1 saturated heterocycles. The van der Waals surface area contributed by atoms with Crippen LogP contribution in [-0.4, -0.2) is 37.0 Å². The second-order valence-corrected chi connectivity index (χ2v) is 6.01. The van der Waals surface area contributed by atoms with Crippen LogP contribution >= 0.6 is 11.6 Å². The number of nitrogens with zero attached hydrogens (tertiary/aromatic N) is 2. The zero-order chi connectivity index (χ0) is 15.5. The normalized spacial score (nSPS) is 15.0. The van der Waals surface area contributed by atoms with Gasteiger partial charge in [-0.3, -0.25) is 4.79 Å². The summed E-state index contributed by atoms with van der Waals surface area (Å²) in [6.07, 6.45) is 0. The zero-order valence-corrected chi connectivity index (χ0v) is 13.4. The molecule has 1 aliphatic rings. The molecule has 0 atom stereocenters. The number of piperazine rings is 1. The summed E-state index contributed by atoms with van der Waals surface area (Å²) >= 11 is 6.10. The van der Waals surface area contributed by atoms with Gasteiger partial charge >= 0.3 is 0 Å². The molecule has 1 heterocycles. The predicted molar refractivity (Wildman–Crippen MR) is 90.7 cm³/mol. The smallest absolute Gasteiger partial charge is 0.253 e. The van der Waals surface area contributed by atoms with Crippen molar-refractivity contribution in [2.75, 3.05) is 31.1 Å². The molecule has 22 heavy (non-hydrogen) atoms. The first kappa shape index (κ1) is 14.9. The van der Waals surface area contributed by atoms with Gasteiger partial charge in [-0.1, -0.05) is 35.9 Å². The summed E-state index contributed by atoms with van der Waals surface area (Å²) in [7, 11) is 0. The van der Waals surface area contributed by atoms with E-state index in [0.29, 0.717) is 0 Å². The lowest BCUT2D eigenvalue weighted by molar-refractivity contribution is 0.0747. The monoisotopic (exact) mass is 314 g/mol. The van der Waals surface area contributed by atoms with E-state index in [2.05, 4.69) is 11.8 Å².